The van der Waals surface area contributed by atoms with Crippen LogP contribution < -0.4 is 0 Å². The van der Waals surface area contributed by atoms with E-state index in [1.165, 1.54) is 0 Å². The maximum Gasteiger partial charge on any atom is 0.143 e. The lowest BCUT2D eigenvalue weighted by Crippen LogP contribution is -1.90. The van der Waals surface area contributed by atoms with Gasteiger partial charge < -0.3 is 4.42 Å². The van der Waals surface area contributed by atoms with Crippen molar-refractivity contribution in [2.75, 3.05) is 0 Å². The molecule has 8 rings (SSSR count). The molecule has 1 heterocycles. The maximum atomic E-state index is 9.40. The van der Waals surface area contributed by atoms with Crippen molar-refractivity contribution in [2.45, 2.75) is 0 Å². The van der Waals surface area contributed by atoms with Crippen LogP contribution in [0.5, 0.6) is 0 Å². The lowest BCUT2D eigenvalue weighted by atomic mass is 9.86. The first-order valence-electron chi connectivity index (χ1n) is 19.6. The fourth-order valence-corrected chi connectivity index (χ4v) is 5.07. The number of benzene rings is 7. The van der Waals surface area contributed by atoms with Crippen molar-refractivity contribution in [1.82, 2.24) is 0 Å². The summed E-state index contributed by atoms with van der Waals surface area (Å²) in [5.41, 5.74) is -0.899. The lowest BCUT2D eigenvalue weighted by molar-refractivity contribution is 0.670. The predicted octanol–water partition coefficient (Wildman–Crippen LogP) is 10.9. The molecule has 39 heavy (non-hydrogen) atoms. The number of furan rings is 1. The first kappa shape index (κ1) is 11.7. The molecule has 7 aromatic carbocycles. The van der Waals surface area contributed by atoms with Gasteiger partial charge in [0, 0.05) is 16.3 Å². The maximum absolute atomic E-state index is 9.40. The average molecular weight is 512 g/mol. The summed E-state index contributed by atoms with van der Waals surface area (Å²) in [6.07, 6.45) is 0. The predicted molar refractivity (Wildman–Crippen MR) is 165 cm³/mol. The molecule has 0 atom stereocenters. The number of hydrogen-bond donors (Lipinski definition) is 0. The van der Waals surface area contributed by atoms with Crippen LogP contribution in [0.2, 0.25) is 0 Å². The van der Waals surface area contributed by atoms with Crippen molar-refractivity contribution in [3.63, 3.8) is 0 Å². The minimum Gasteiger partial charge on any atom is -0.455 e. The summed E-state index contributed by atoms with van der Waals surface area (Å²) in [7, 11) is 0. The standard InChI is InChI=1S/C38H24O/c1-2-11-26(12-3-1)36-30-14-4-6-16-32(30)37(33-17-7-5-15-31(33)36)27-23-21-25(22-24-27)28-18-10-19-34-29-13-8-9-20-35(29)39-38(28)34/h1-24H/i4D,5D,6D,7D,10D,14D,15D,16D,17D,18D,19D,21D,22D,23D,24D. The van der Waals surface area contributed by atoms with E-state index in [9.17, 15) is 5.48 Å². The summed E-state index contributed by atoms with van der Waals surface area (Å²) in [4.78, 5) is 0. The van der Waals surface area contributed by atoms with Crippen molar-refractivity contribution < 1.29 is 25.0 Å². The van der Waals surface area contributed by atoms with Crippen LogP contribution in [0.1, 0.15) is 20.6 Å². The molecule has 0 unspecified atom stereocenters. The molecule has 1 aromatic heterocycles. The number of rotatable bonds is 3. The van der Waals surface area contributed by atoms with E-state index in [4.69, 9.17) is 19.5 Å². The number of hydrogen-bond acceptors (Lipinski definition) is 1. The zero-order valence-corrected chi connectivity index (χ0v) is 20.1. The highest BCUT2D eigenvalue weighted by Gasteiger charge is 2.17. The molecular formula is C38H24O. The molecule has 0 amide bonds. The zero-order valence-electron chi connectivity index (χ0n) is 35.1. The van der Waals surface area contributed by atoms with Crippen LogP contribution in [0.4, 0.5) is 0 Å². The largest absolute Gasteiger partial charge is 0.455 e. The van der Waals surface area contributed by atoms with E-state index in [2.05, 4.69) is 0 Å². The molecule has 0 saturated heterocycles. The normalized spacial score (nSPS) is 17.0. The van der Waals surface area contributed by atoms with Crippen LogP contribution in [-0.2, 0) is 0 Å². The van der Waals surface area contributed by atoms with Gasteiger partial charge >= 0.3 is 0 Å². The van der Waals surface area contributed by atoms with Gasteiger partial charge in [-0.15, -0.1) is 0 Å². The van der Waals surface area contributed by atoms with E-state index < -0.39 is 95.7 Å². The van der Waals surface area contributed by atoms with Crippen molar-refractivity contribution in [2.24, 2.45) is 0 Å². The van der Waals surface area contributed by atoms with E-state index >= 15 is 0 Å². The Balaban J connectivity index is 1.62. The van der Waals surface area contributed by atoms with Crippen LogP contribution in [0, 0.1) is 0 Å². The third-order valence-electron chi connectivity index (χ3n) is 6.76. The second-order valence-corrected chi connectivity index (χ2v) is 8.92. The molecular weight excluding hydrogens is 472 g/mol. The Labute approximate surface area is 247 Å². The molecule has 8 aromatic rings. The summed E-state index contributed by atoms with van der Waals surface area (Å²) in [5.74, 6) is 0. The topological polar surface area (TPSA) is 13.1 Å². The van der Waals surface area contributed by atoms with Crippen molar-refractivity contribution in [3.8, 4) is 33.4 Å². The quantitative estimate of drug-likeness (QED) is 0.215. The molecule has 0 bridgehead atoms. The minimum atomic E-state index is -0.744. The van der Waals surface area contributed by atoms with Gasteiger partial charge in [-0.2, -0.15) is 0 Å². The Morgan fingerprint density at radius 2 is 0.949 bits per heavy atom. The van der Waals surface area contributed by atoms with E-state index in [1.807, 2.05) is 0 Å². The van der Waals surface area contributed by atoms with Crippen LogP contribution >= 0.6 is 0 Å². The highest BCUT2D eigenvalue weighted by Crippen LogP contribution is 2.44. The molecule has 0 saturated carbocycles. The van der Waals surface area contributed by atoms with Gasteiger partial charge in [0.25, 0.3) is 0 Å². The second kappa shape index (κ2) is 8.72. The first-order valence-corrected chi connectivity index (χ1v) is 12.1. The van der Waals surface area contributed by atoms with Crippen LogP contribution in [0.15, 0.2) is 150 Å². The van der Waals surface area contributed by atoms with E-state index in [0.29, 0.717) is 16.5 Å². The van der Waals surface area contributed by atoms with Crippen LogP contribution in [0.3, 0.4) is 0 Å². The van der Waals surface area contributed by atoms with Gasteiger partial charge in [-0.1, -0.05) is 139 Å². The van der Waals surface area contributed by atoms with Crippen LogP contribution in [-0.4, -0.2) is 0 Å². The van der Waals surface area contributed by atoms with Gasteiger partial charge in [0.2, 0.25) is 0 Å². The molecule has 0 spiro atoms. The van der Waals surface area contributed by atoms with Gasteiger partial charge in [0.05, 0.1) is 20.6 Å². The van der Waals surface area contributed by atoms with Gasteiger partial charge in [0.1, 0.15) is 11.2 Å². The van der Waals surface area contributed by atoms with E-state index in [1.54, 1.807) is 54.6 Å². The number of fused-ring (bicyclic) bond motifs is 5. The molecule has 0 aliphatic carbocycles. The molecule has 0 fully saturated rings. The smallest absolute Gasteiger partial charge is 0.143 e. The monoisotopic (exact) mass is 511 g/mol. The molecule has 0 aliphatic heterocycles. The van der Waals surface area contributed by atoms with Crippen molar-refractivity contribution in [3.05, 3.63) is 145 Å². The van der Waals surface area contributed by atoms with Crippen molar-refractivity contribution in [1.29, 1.82) is 0 Å². The summed E-state index contributed by atoms with van der Waals surface area (Å²) in [5, 5.41) is -0.273. The number of para-hydroxylation sites is 2. The Bertz CT molecular complexity index is 2880. The summed E-state index contributed by atoms with van der Waals surface area (Å²) >= 11 is 0. The minimum absolute atomic E-state index is 0.0693. The zero-order chi connectivity index (χ0) is 38.8. The summed E-state index contributed by atoms with van der Waals surface area (Å²) < 4.78 is 140. The molecule has 1 nitrogen and oxygen atoms in total. The Morgan fingerprint density at radius 1 is 0.410 bits per heavy atom. The molecule has 0 radical (unpaired) electrons. The third-order valence-corrected chi connectivity index (χ3v) is 6.76. The van der Waals surface area contributed by atoms with Crippen molar-refractivity contribution >= 4 is 43.5 Å². The van der Waals surface area contributed by atoms with Crippen LogP contribution in [0.25, 0.3) is 76.9 Å². The fourth-order valence-electron chi connectivity index (χ4n) is 5.07. The Hall–Kier alpha value is -5.14. The molecule has 0 N–H and O–H groups in total. The van der Waals surface area contributed by atoms with Gasteiger partial charge in [0.15, 0.2) is 0 Å². The third kappa shape index (κ3) is 3.41. The Kier molecular flexibility index (Phi) is 2.62. The summed E-state index contributed by atoms with van der Waals surface area (Å²) in [6.45, 7) is 0. The van der Waals surface area contributed by atoms with E-state index in [-0.39, 0.29) is 55.2 Å². The second-order valence-electron chi connectivity index (χ2n) is 8.92. The summed E-state index contributed by atoms with van der Waals surface area (Å²) in [6, 6.07) is 5.59. The lowest BCUT2D eigenvalue weighted by Gasteiger charge is -2.18. The fraction of sp³-hybridized carbons (Fsp3) is 0. The highest BCUT2D eigenvalue weighted by atomic mass is 16.3. The Morgan fingerprint density at radius 3 is 1.62 bits per heavy atom. The average Bonchev–Trinajstić information content (AvgIpc) is 3.56. The SMILES string of the molecule is [2H]c1c([2H])c(-c2c3c([2H])c([2H])c([2H])c([2H])c3c(-c3ccccc3)c3c([2H])c([2H])c([2H])c([2H])c23)c([2H])c([2H])c1-c1c([2H])c([2H])c([2H])c2c1oc1ccccc12. The van der Waals surface area contributed by atoms with Gasteiger partial charge in [-0.3, -0.25) is 0 Å². The first-order chi connectivity index (χ1) is 25.6. The van der Waals surface area contributed by atoms with E-state index in [0.717, 1.165) is 0 Å². The molecule has 182 valence electrons. The highest BCUT2D eigenvalue weighted by molar-refractivity contribution is 6.21. The molecule has 1 heteroatoms. The van der Waals surface area contributed by atoms with Gasteiger partial charge in [-0.05, 0) is 55.4 Å². The molecule has 0 aliphatic rings. The van der Waals surface area contributed by atoms with Gasteiger partial charge in [-0.25, -0.2) is 0 Å².